The molecule has 0 fully saturated rings. The van der Waals surface area contributed by atoms with Crippen molar-refractivity contribution in [2.24, 2.45) is 0 Å². The Labute approximate surface area is 117 Å². The van der Waals surface area contributed by atoms with Crippen molar-refractivity contribution in [3.8, 4) is 0 Å². The van der Waals surface area contributed by atoms with E-state index in [2.05, 4.69) is 24.3 Å². The number of allylic oxidation sites excluding steroid dienone is 8. The van der Waals surface area contributed by atoms with Gasteiger partial charge in [0.1, 0.15) is 0 Å². The Morgan fingerprint density at radius 1 is 0.714 bits per heavy atom. The first-order valence-corrected chi connectivity index (χ1v) is 3.43. The van der Waals surface area contributed by atoms with Gasteiger partial charge in [-0.1, -0.05) is 0 Å². The zero-order valence-corrected chi connectivity index (χ0v) is 11.1. The fourth-order valence-corrected chi connectivity index (χ4v) is 0.680. The number of rotatable bonds is 0. The van der Waals surface area contributed by atoms with Crippen LogP contribution in [-0.2, 0) is 18.6 Å². The summed E-state index contributed by atoms with van der Waals surface area (Å²) in [4.78, 5) is 0. The summed E-state index contributed by atoms with van der Waals surface area (Å²) in [7, 11) is 0. The van der Waals surface area contributed by atoms with E-state index in [0.29, 0.717) is 0 Å². The van der Waals surface area contributed by atoms with E-state index >= 15 is 0 Å². The number of hydrogen-bond acceptors (Lipinski definition) is 0. The van der Waals surface area contributed by atoms with Crippen molar-refractivity contribution in [2.45, 2.75) is 12.8 Å². The molecule has 0 N–H and O–H groups in total. The van der Waals surface area contributed by atoms with Crippen LogP contribution in [0.3, 0.4) is 0 Å². The molecule has 0 atom stereocenters. The molecule has 2 aliphatic rings. The second kappa shape index (κ2) is 19.1. The molecule has 81 valence electrons. The average Bonchev–Trinajstić information content (AvgIpc) is 2.67. The Morgan fingerprint density at radius 2 is 1.07 bits per heavy atom. The molecule has 0 saturated heterocycles. The third-order valence-electron chi connectivity index (χ3n) is 1.17. The molecule has 0 aromatic rings. The van der Waals surface area contributed by atoms with Crippen molar-refractivity contribution in [3.05, 3.63) is 48.6 Å². The summed E-state index contributed by atoms with van der Waals surface area (Å²) in [6, 6.07) is 0. The first-order valence-electron chi connectivity index (χ1n) is 3.43. The fourth-order valence-electron chi connectivity index (χ4n) is 0.680. The number of hydrogen-bond donors (Lipinski definition) is 0. The van der Waals surface area contributed by atoms with Crippen LogP contribution in [0.2, 0.25) is 0 Å². The van der Waals surface area contributed by atoms with E-state index in [4.69, 9.17) is 0 Å². The van der Waals surface area contributed by atoms with E-state index in [9.17, 15) is 0 Å². The Morgan fingerprint density at radius 3 is 1.14 bits per heavy atom. The molecule has 0 aromatic heterocycles. The van der Waals surface area contributed by atoms with Gasteiger partial charge in [0, 0.05) is 18.6 Å². The van der Waals surface area contributed by atoms with E-state index < -0.39 is 0 Å². The molecule has 1 radical (unpaired) electrons. The maximum atomic E-state index is 2.99. The van der Waals surface area contributed by atoms with Crippen molar-refractivity contribution < 1.29 is 55.8 Å². The van der Waals surface area contributed by atoms with Gasteiger partial charge in [0.25, 0.3) is 0 Å². The standard InChI is InChI=1S/2C5H5.3ClH.V/c2*1-2-4-5-3-1;;;;/h2*1-3H,4H2;3*1H;/q2*-1;;;;/p-3. The smallest absolute Gasteiger partial charge is 0 e. The van der Waals surface area contributed by atoms with Crippen LogP contribution in [-0.4, -0.2) is 0 Å². The summed E-state index contributed by atoms with van der Waals surface area (Å²) in [5, 5.41) is 0. The summed E-state index contributed by atoms with van der Waals surface area (Å²) < 4.78 is 0. The molecule has 14 heavy (non-hydrogen) atoms. The minimum atomic E-state index is 0. The van der Waals surface area contributed by atoms with Crippen LogP contribution in [0, 0.1) is 12.2 Å². The van der Waals surface area contributed by atoms with Crippen molar-refractivity contribution in [2.75, 3.05) is 0 Å². The predicted octanol–water partition coefficient (Wildman–Crippen LogP) is -6.38. The van der Waals surface area contributed by atoms with Gasteiger partial charge >= 0.3 is 0 Å². The molecule has 0 bridgehead atoms. The zero-order chi connectivity index (χ0) is 7.07. The van der Waals surface area contributed by atoms with Crippen molar-refractivity contribution in [1.82, 2.24) is 0 Å². The molecule has 2 aliphatic carbocycles. The Hall–Kier alpha value is 0.414. The maximum Gasteiger partial charge on any atom is 0 e. The van der Waals surface area contributed by atoms with E-state index in [1.807, 2.05) is 24.3 Å². The van der Waals surface area contributed by atoms with Crippen molar-refractivity contribution in [3.63, 3.8) is 0 Å². The SMILES string of the molecule is [C-]1=CC=CC1.[C-]1=CC=CC1.[Cl-].[Cl-].[Cl-].[V]. The van der Waals surface area contributed by atoms with Gasteiger partial charge in [0.2, 0.25) is 0 Å². The van der Waals surface area contributed by atoms with Gasteiger partial charge in [0.05, 0.1) is 0 Å². The average molecular weight is 287 g/mol. The first-order chi connectivity index (χ1) is 5.00. The Bertz CT molecular complexity index is 154. The summed E-state index contributed by atoms with van der Waals surface area (Å²) in [5.41, 5.74) is 0. The molecule has 0 saturated carbocycles. The third-order valence-corrected chi connectivity index (χ3v) is 1.17. The van der Waals surface area contributed by atoms with Gasteiger partial charge in [-0.15, -0.1) is 12.8 Å². The molecule has 0 amide bonds. The normalized spacial score (nSPS) is 12.6. The van der Waals surface area contributed by atoms with Crippen molar-refractivity contribution >= 4 is 0 Å². The second-order valence-corrected chi connectivity index (χ2v) is 2.01. The quantitative estimate of drug-likeness (QED) is 0.389. The molecule has 0 nitrogen and oxygen atoms in total. The monoisotopic (exact) mass is 286 g/mol. The molecule has 0 aromatic carbocycles. The van der Waals surface area contributed by atoms with Gasteiger partial charge in [-0.2, -0.15) is 12.2 Å². The van der Waals surface area contributed by atoms with Gasteiger partial charge in [-0.05, 0) is 0 Å². The van der Waals surface area contributed by atoms with Gasteiger partial charge in [-0.3, -0.25) is 12.2 Å². The molecule has 0 heterocycles. The molecule has 4 heteroatoms. The second-order valence-electron chi connectivity index (χ2n) is 2.01. The molecule has 0 unspecified atom stereocenters. The van der Waals surface area contributed by atoms with Crippen LogP contribution in [0.25, 0.3) is 0 Å². The predicted molar refractivity (Wildman–Crippen MR) is 43.1 cm³/mol. The van der Waals surface area contributed by atoms with E-state index in [-0.39, 0.29) is 55.8 Å². The van der Waals surface area contributed by atoms with Crippen LogP contribution in [0.1, 0.15) is 12.8 Å². The zero-order valence-electron chi connectivity index (χ0n) is 7.46. The molecule has 0 spiro atoms. The molecular weight excluding hydrogens is 277 g/mol. The minimum absolute atomic E-state index is 0. The third kappa shape index (κ3) is 14.9. The first kappa shape index (κ1) is 23.9. The number of halogens is 3. The minimum Gasteiger partial charge on any atom is -1.00 e. The molecule has 0 aliphatic heterocycles. The van der Waals surface area contributed by atoms with E-state index in [1.54, 1.807) is 0 Å². The fraction of sp³-hybridized carbons (Fsp3) is 0.200. The van der Waals surface area contributed by atoms with Gasteiger partial charge < -0.3 is 37.2 Å². The Kier molecular flexibility index (Phi) is 32.6. The molecule has 2 rings (SSSR count). The van der Waals surface area contributed by atoms with Crippen LogP contribution in [0.4, 0.5) is 0 Å². The summed E-state index contributed by atoms with van der Waals surface area (Å²) in [5.74, 6) is 0. The largest absolute Gasteiger partial charge is 1.00 e. The van der Waals surface area contributed by atoms with Gasteiger partial charge in [0.15, 0.2) is 0 Å². The summed E-state index contributed by atoms with van der Waals surface area (Å²) in [6.45, 7) is 0. The summed E-state index contributed by atoms with van der Waals surface area (Å²) >= 11 is 0. The topological polar surface area (TPSA) is 0 Å². The van der Waals surface area contributed by atoms with Crippen LogP contribution < -0.4 is 37.2 Å². The van der Waals surface area contributed by atoms with E-state index in [0.717, 1.165) is 12.8 Å². The molecular formula is C10H10Cl3V-5. The van der Waals surface area contributed by atoms with Gasteiger partial charge in [-0.25, -0.2) is 24.3 Å². The van der Waals surface area contributed by atoms with Crippen LogP contribution >= 0.6 is 0 Å². The van der Waals surface area contributed by atoms with Crippen LogP contribution in [0.15, 0.2) is 36.5 Å². The van der Waals surface area contributed by atoms with Crippen molar-refractivity contribution in [1.29, 1.82) is 0 Å². The Balaban J connectivity index is -0.0000000556. The maximum absolute atomic E-state index is 2.99. The summed E-state index contributed by atoms with van der Waals surface area (Å²) in [6.07, 6.45) is 20.0. The van der Waals surface area contributed by atoms with Crippen LogP contribution in [0.5, 0.6) is 0 Å². The van der Waals surface area contributed by atoms with E-state index in [1.165, 1.54) is 0 Å².